The molecule has 4 heteroatoms. The van der Waals surface area contributed by atoms with E-state index in [2.05, 4.69) is 22.4 Å². The van der Waals surface area contributed by atoms with Gasteiger partial charge in [0.25, 0.3) is 0 Å². The molecule has 3 nitrogen and oxygen atoms in total. The molecule has 0 fully saturated rings. The smallest absolute Gasteiger partial charge is 0.221 e. The third kappa shape index (κ3) is 4.93. The number of benzene rings is 2. The summed E-state index contributed by atoms with van der Waals surface area (Å²) in [6.07, 6.45) is 2.15. The molecule has 1 amide bonds. The van der Waals surface area contributed by atoms with E-state index in [1.54, 1.807) is 6.20 Å². The van der Waals surface area contributed by atoms with E-state index in [9.17, 15) is 4.79 Å². The van der Waals surface area contributed by atoms with Gasteiger partial charge in [-0.1, -0.05) is 54.1 Å². The lowest BCUT2D eigenvalue weighted by Gasteiger charge is -2.18. The van der Waals surface area contributed by atoms with Crippen LogP contribution in [0.4, 0.5) is 0 Å². The summed E-state index contributed by atoms with van der Waals surface area (Å²) in [6, 6.07) is 21.7. The van der Waals surface area contributed by atoms with Crippen molar-refractivity contribution in [3.8, 4) is 0 Å². The third-order valence-electron chi connectivity index (χ3n) is 4.31. The Kier molecular flexibility index (Phi) is 6.03. The van der Waals surface area contributed by atoms with Gasteiger partial charge in [0.05, 0.1) is 0 Å². The average Bonchev–Trinajstić information content (AvgIpc) is 2.66. The molecule has 0 bridgehead atoms. The molecule has 0 saturated carbocycles. The SMILES string of the molecule is Cc1cc(CNC(=O)CC(c2ccccc2)c2ccc(Cl)cc2)ccn1. The monoisotopic (exact) mass is 364 g/mol. The van der Waals surface area contributed by atoms with Gasteiger partial charge in [0, 0.05) is 35.8 Å². The summed E-state index contributed by atoms with van der Waals surface area (Å²) in [5.74, 6) is 0.0101. The highest BCUT2D eigenvalue weighted by Crippen LogP contribution is 2.28. The van der Waals surface area contributed by atoms with Crippen LogP contribution in [0, 0.1) is 6.92 Å². The number of halogens is 1. The minimum Gasteiger partial charge on any atom is -0.352 e. The number of carbonyl (C=O) groups excluding carboxylic acids is 1. The van der Waals surface area contributed by atoms with Gasteiger partial charge < -0.3 is 5.32 Å². The lowest BCUT2D eigenvalue weighted by atomic mass is 9.88. The maximum Gasteiger partial charge on any atom is 0.221 e. The summed E-state index contributed by atoms with van der Waals surface area (Å²) < 4.78 is 0. The number of nitrogens with zero attached hydrogens (tertiary/aromatic N) is 1. The molecule has 26 heavy (non-hydrogen) atoms. The Morgan fingerprint density at radius 1 is 1.04 bits per heavy atom. The zero-order valence-corrected chi connectivity index (χ0v) is 15.4. The number of aryl methyl sites for hydroxylation is 1. The Hall–Kier alpha value is -2.65. The maximum absolute atomic E-state index is 12.6. The van der Waals surface area contributed by atoms with Crippen LogP contribution in [0.1, 0.15) is 34.7 Å². The maximum atomic E-state index is 12.6. The van der Waals surface area contributed by atoms with Gasteiger partial charge in [0.15, 0.2) is 0 Å². The first-order valence-corrected chi connectivity index (χ1v) is 8.98. The number of aromatic nitrogens is 1. The highest BCUT2D eigenvalue weighted by atomic mass is 35.5. The average molecular weight is 365 g/mol. The van der Waals surface area contributed by atoms with Gasteiger partial charge in [-0.3, -0.25) is 9.78 Å². The third-order valence-corrected chi connectivity index (χ3v) is 4.57. The molecule has 1 atom stereocenters. The van der Waals surface area contributed by atoms with E-state index in [1.165, 1.54) is 0 Å². The van der Waals surface area contributed by atoms with Crippen molar-refractivity contribution in [3.63, 3.8) is 0 Å². The Balaban J connectivity index is 1.73. The summed E-state index contributed by atoms with van der Waals surface area (Å²) in [7, 11) is 0. The van der Waals surface area contributed by atoms with E-state index < -0.39 is 0 Å². The second-order valence-corrected chi connectivity index (χ2v) is 6.74. The molecular formula is C22H21ClN2O. The van der Waals surface area contributed by atoms with Crippen LogP contribution in [0.5, 0.6) is 0 Å². The predicted octanol–water partition coefficient (Wildman–Crippen LogP) is 4.88. The fraction of sp³-hybridized carbons (Fsp3) is 0.182. The summed E-state index contributed by atoms with van der Waals surface area (Å²) in [4.78, 5) is 16.8. The molecule has 1 N–H and O–H groups in total. The number of rotatable bonds is 6. The van der Waals surface area contributed by atoms with Crippen LogP contribution in [0.15, 0.2) is 72.9 Å². The van der Waals surface area contributed by atoms with Crippen molar-refractivity contribution in [2.24, 2.45) is 0 Å². The van der Waals surface area contributed by atoms with Gasteiger partial charge in [-0.25, -0.2) is 0 Å². The summed E-state index contributed by atoms with van der Waals surface area (Å²) >= 11 is 6.01. The molecule has 0 spiro atoms. The Morgan fingerprint density at radius 3 is 2.42 bits per heavy atom. The molecule has 132 valence electrons. The van der Waals surface area contributed by atoms with Crippen molar-refractivity contribution < 1.29 is 4.79 Å². The highest BCUT2D eigenvalue weighted by Gasteiger charge is 2.18. The Labute approximate surface area is 159 Å². The Morgan fingerprint density at radius 2 is 1.73 bits per heavy atom. The van der Waals surface area contributed by atoms with E-state index in [-0.39, 0.29) is 11.8 Å². The first kappa shape index (κ1) is 18.2. The van der Waals surface area contributed by atoms with E-state index in [0.29, 0.717) is 18.0 Å². The van der Waals surface area contributed by atoms with Gasteiger partial charge in [-0.15, -0.1) is 0 Å². The van der Waals surface area contributed by atoms with Crippen molar-refractivity contribution in [1.29, 1.82) is 0 Å². The molecule has 0 aliphatic heterocycles. The van der Waals surface area contributed by atoms with Crippen molar-refractivity contribution in [2.75, 3.05) is 0 Å². The number of hydrogen-bond donors (Lipinski definition) is 1. The number of pyridine rings is 1. The molecule has 0 saturated heterocycles. The number of nitrogens with one attached hydrogen (secondary N) is 1. The zero-order valence-electron chi connectivity index (χ0n) is 14.7. The first-order valence-electron chi connectivity index (χ1n) is 8.60. The van der Waals surface area contributed by atoms with Crippen LogP contribution in [-0.2, 0) is 11.3 Å². The van der Waals surface area contributed by atoms with Gasteiger partial charge >= 0.3 is 0 Å². The normalized spacial score (nSPS) is 11.8. The molecule has 1 aromatic heterocycles. The molecule has 0 aliphatic rings. The Bertz CT molecular complexity index is 863. The molecule has 0 aliphatic carbocycles. The largest absolute Gasteiger partial charge is 0.352 e. The second kappa shape index (κ2) is 8.63. The topological polar surface area (TPSA) is 42.0 Å². The van der Waals surface area contributed by atoms with E-state index in [1.807, 2.05) is 61.5 Å². The fourth-order valence-electron chi connectivity index (χ4n) is 2.98. The molecule has 1 heterocycles. The van der Waals surface area contributed by atoms with Crippen molar-refractivity contribution >= 4 is 17.5 Å². The highest BCUT2D eigenvalue weighted by molar-refractivity contribution is 6.30. The number of hydrogen-bond acceptors (Lipinski definition) is 2. The van der Waals surface area contributed by atoms with E-state index in [4.69, 9.17) is 11.6 Å². The quantitative estimate of drug-likeness (QED) is 0.677. The van der Waals surface area contributed by atoms with Crippen LogP contribution >= 0.6 is 11.6 Å². The second-order valence-electron chi connectivity index (χ2n) is 6.30. The first-order chi connectivity index (χ1) is 12.6. The van der Waals surface area contributed by atoms with E-state index >= 15 is 0 Å². The van der Waals surface area contributed by atoms with Crippen molar-refractivity contribution in [1.82, 2.24) is 10.3 Å². The molecule has 3 rings (SSSR count). The minimum absolute atomic E-state index is 0.00681. The van der Waals surface area contributed by atoms with Gasteiger partial charge in [-0.05, 0) is 47.9 Å². The van der Waals surface area contributed by atoms with Crippen molar-refractivity contribution in [2.45, 2.75) is 25.8 Å². The van der Waals surface area contributed by atoms with Crippen molar-refractivity contribution in [3.05, 3.63) is 100 Å². The predicted molar refractivity (Wildman–Crippen MR) is 105 cm³/mol. The molecule has 1 unspecified atom stereocenters. The summed E-state index contributed by atoms with van der Waals surface area (Å²) in [6.45, 7) is 2.45. The molecule has 0 radical (unpaired) electrons. The van der Waals surface area contributed by atoms with Crippen LogP contribution in [-0.4, -0.2) is 10.9 Å². The lowest BCUT2D eigenvalue weighted by Crippen LogP contribution is -2.25. The summed E-state index contributed by atoms with van der Waals surface area (Å²) in [5, 5.41) is 3.71. The lowest BCUT2D eigenvalue weighted by molar-refractivity contribution is -0.121. The van der Waals surface area contributed by atoms with Crippen LogP contribution in [0.2, 0.25) is 5.02 Å². The number of carbonyl (C=O) groups is 1. The van der Waals surface area contributed by atoms with E-state index in [0.717, 1.165) is 22.4 Å². The minimum atomic E-state index is -0.00681. The molecule has 2 aromatic carbocycles. The van der Waals surface area contributed by atoms with Gasteiger partial charge in [0.1, 0.15) is 0 Å². The van der Waals surface area contributed by atoms with Crippen LogP contribution in [0.3, 0.4) is 0 Å². The zero-order chi connectivity index (χ0) is 18.4. The molecule has 3 aromatic rings. The number of amides is 1. The van der Waals surface area contributed by atoms with Crippen LogP contribution in [0.25, 0.3) is 0 Å². The summed E-state index contributed by atoms with van der Waals surface area (Å²) in [5.41, 5.74) is 4.19. The fourth-order valence-corrected chi connectivity index (χ4v) is 3.11. The van der Waals surface area contributed by atoms with Crippen LogP contribution < -0.4 is 5.32 Å². The van der Waals surface area contributed by atoms with Gasteiger partial charge in [-0.2, -0.15) is 0 Å². The standard InChI is InChI=1S/C22H21ClN2O/c1-16-13-17(11-12-24-16)15-25-22(26)14-21(18-5-3-2-4-6-18)19-7-9-20(23)10-8-19/h2-13,21H,14-15H2,1H3,(H,25,26). The van der Waals surface area contributed by atoms with Gasteiger partial charge in [0.2, 0.25) is 5.91 Å². The molecular weight excluding hydrogens is 344 g/mol.